The molecule has 2 atom stereocenters. The number of carbonyl (C=O) groups is 2. The van der Waals surface area contributed by atoms with Crippen LogP contribution < -0.4 is 10.2 Å². The van der Waals surface area contributed by atoms with E-state index in [2.05, 4.69) is 5.32 Å². The number of rotatable bonds is 8. The molecular formula is C23H25FN2O4. The van der Waals surface area contributed by atoms with Gasteiger partial charge in [-0.25, -0.2) is 9.18 Å². The van der Waals surface area contributed by atoms with Gasteiger partial charge in [-0.2, -0.15) is 0 Å². The maximum absolute atomic E-state index is 14.8. The van der Waals surface area contributed by atoms with E-state index >= 15 is 0 Å². The van der Waals surface area contributed by atoms with Crippen LogP contribution in [0.1, 0.15) is 25.3 Å². The number of nitrogens with one attached hydrogen (secondary N) is 1. The number of hydrogen-bond donors (Lipinski definition) is 1. The summed E-state index contributed by atoms with van der Waals surface area (Å²) in [5.41, 5.74) is 2.94. The van der Waals surface area contributed by atoms with Crippen LogP contribution in [-0.4, -0.2) is 43.9 Å². The van der Waals surface area contributed by atoms with Gasteiger partial charge in [0.1, 0.15) is 11.9 Å². The zero-order valence-electron chi connectivity index (χ0n) is 16.9. The summed E-state index contributed by atoms with van der Waals surface area (Å²) in [5.74, 6) is -0.591. The number of ether oxygens (including phenoxy) is 2. The number of epoxide rings is 1. The minimum atomic E-state index is -0.543. The first-order chi connectivity index (χ1) is 14.5. The predicted molar refractivity (Wildman–Crippen MR) is 111 cm³/mol. The minimum absolute atomic E-state index is 0.192. The van der Waals surface area contributed by atoms with E-state index in [0.717, 1.165) is 31.4 Å². The number of carbonyl (C=O) groups excluding carboxylic acids is 2. The quantitative estimate of drug-likeness (QED) is 0.672. The van der Waals surface area contributed by atoms with Gasteiger partial charge in [0.05, 0.1) is 31.5 Å². The first-order valence-corrected chi connectivity index (χ1v) is 10.2. The Bertz CT molecular complexity index is 927. The van der Waals surface area contributed by atoms with Gasteiger partial charge in [0.15, 0.2) is 0 Å². The Morgan fingerprint density at radius 1 is 1.20 bits per heavy atom. The van der Waals surface area contributed by atoms with E-state index in [4.69, 9.17) is 9.47 Å². The molecule has 2 aromatic carbocycles. The Hall–Kier alpha value is -2.93. The predicted octanol–water partition coefficient (Wildman–Crippen LogP) is 3.68. The third-order valence-corrected chi connectivity index (χ3v) is 5.38. The smallest absolute Gasteiger partial charge is 0.414 e. The van der Waals surface area contributed by atoms with Gasteiger partial charge >= 0.3 is 6.09 Å². The second-order valence-corrected chi connectivity index (χ2v) is 7.76. The summed E-state index contributed by atoms with van der Waals surface area (Å²) >= 11 is 0. The Labute approximate surface area is 175 Å². The molecule has 30 heavy (non-hydrogen) atoms. The van der Waals surface area contributed by atoms with Crippen molar-refractivity contribution in [2.75, 3.05) is 24.6 Å². The van der Waals surface area contributed by atoms with Crippen molar-refractivity contribution < 1.29 is 23.5 Å². The molecule has 2 heterocycles. The van der Waals surface area contributed by atoms with Crippen LogP contribution in [0.25, 0.3) is 11.1 Å². The average molecular weight is 412 g/mol. The van der Waals surface area contributed by atoms with Gasteiger partial charge in [-0.15, -0.1) is 0 Å². The van der Waals surface area contributed by atoms with Gasteiger partial charge in [0, 0.05) is 12.5 Å². The molecule has 6 nitrogen and oxygen atoms in total. The topological polar surface area (TPSA) is 71.2 Å². The van der Waals surface area contributed by atoms with Gasteiger partial charge in [0.2, 0.25) is 5.91 Å². The molecule has 1 N–H and O–H groups in total. The zero-order chi connectivity index (χ0) is 21.1. The lowest BCUT2D eigenvalue weighted by Gasteiger charge is -2.14. The van der Waals surface area contributed by atoms with Crippen LogP contribution in [0, 0.1) is 5.82 Å². The van der Waals surface area contributed by atoms with Crippen molar-refractivity contribution in [2.45, 2.75) is 38.4 Å². The van der Waals surface area contributed by atoms with E-state index in [1.54, 1.807) is 12.1 Å². The summed E-state index contributed by atoms with van der Waals surface area (Å²) in [6, 6.07) is 12.6. The Morgan fingerprint density at radius 3 is 2.63 bits per heavy atom. The summed E-state index contributed by atoms with van der Waals surface area (Å²) in [4.78, 5) is 24.5. The molecule has 0 aromatic heterocycles. The largest absolute Gasteiger partial charge is 0.442 e. The van der Waals surface area contributed by atoms with Crippen LogP contribution >= 0.6 is 0 Å². The van der Waals surface area contributed by atoms with Crippen molar-refractivity contribution in [3.05, 3.63) is 53.8 Å². The first-order valence-electron chi connectivity index (χ1n) is 10.2. The normalized spacial score (nSPS) is 20.2. The van der Waals surface area contributed by atoms with Crippen molar-refractivity contribution >= 4 is 17.7 Å². The van der Waals surface area contributed by atoms with E-state index in [1.165, 1.54) is 23.5 Å². The van der Waals surface area contributed by atoms with Gasteiger partial charge in [-0.3, -0.25) is 9.69 Å². The van der Waals surface area contributed by atoms with Crippen molar-refractivity contribution in [3.8, 4) is 11.1 Å². The molecule has 2 fully saturated rings. The number of anilines is 1. The SMILES string of the molecule is CC(=O)NC[C@H]1CN(c2ccc(-c3ccc(CCCC4CO4)cc3)c(F)c2)C(=O)O1. The molecule has 0 radical (unpaired) electrons. The number of amides is 2. The number of hydrogen-bond acceptors (Lipinski definition) is 4. The van der Waals surface area contributed by atoms with Crippen molar-refractivity contribution in [1.82, 2.24) is 5.32 Å². The average Bonchev–Trinajstić information content (AvgIpc) is 3.47. The third kappa shape index (κ3) is 4.97. The molecule has 2 aliphatic heterocycles. The van der Waals surface area contributed by atoms with Gasteiger partial charge in [-0.05, 0) is 48.6 Å². The molecule has 0 spiro atoms. The van der Waals surface area contributed by atoms with Crippen LogP contribution in [0.3, 0.4) is 0 Å². The highest BCUT2D eigenvalue weighted by atomic mass is 19.1. The van der Waals surface area contributed by atoms with E-state index in [0.29, 0.717) is 17.4 Å². The molecule has 7 heteroatoms. The minimum Gasteiger partial charge on any atom is -0.442 e. The molecule has 4 rings (SSSR count). The van der Waals surface area contributed by atoms with Gasteiger partial charge < -0.3 is 14.8 Å². The summed E-state index contributed by atoms with van der Waals surface area (Å²) in [5, 5.41) is 2.62. The molecule has 2 aliphatic rings. The van der Waals surface area contributed by atoms with E-state index in [9.17, 15) is 14.0 Å². The lowest BCUT2D eigenvalue weighted by molar-refractivity contribution is -0.119. The molecule has 2 amide bonds. The Kier molecular flexibility index (Phi) is 5.99. The summed E-state index contributed by atoms with van der Waals surface area (Å²) in [6.45, 7) is 2.79. The van der Waals surface area contributed by atoms with E-state index in [-0.39, 0.29) is 19.0 Å². The Balaban J connectivity index is 1.40. The lowest BCUT2D eigenvalue weighted by Crippen LogP contribution is -2.33. The molecule has 1 unspecified atom stereocenters. The van der Waals surface area contributed by atoms with Crippen LogP contribution in [0.5, 0.6) is 0 Å². The fraction of sp³-hybridized carbons (Fsp3) is 0.391. The maximum Gasteiger partial charge on any atom is 0.414 e. The van der Waals surface area contributed by atoms with E-state index < -0.39 is 18.0 Å². The second kappa shape index (κ2) is 8.83. The van der Waals surface area contributed by atoms with Crippen LogP contribution in [0.15, 0.2) is 42.5 Å². The zero-order valence-corrected chi connectivity index (χ0v) is 16.9. The van der Waals surface area contributed by atoms with Crippen LogP contribution in [0.4, 0.5) is 14.9 Å². The summed E-state index contributed by atoms with van der Waals surface area (Å²) in [7, 11) is 0. The van der Waals surface area contributed by atoms with Gasteiger partial charge in [-0.1, -0.05) is 24.3 Å². The van der Waals surface area contributed by atoms with Crippen molar-refractivity contribution in [2.24, 2.45) is 0 Å². The molecule has 0 bridgehead atoms. The van der Waals surface area contributed by atoms with Crippen molar-refractivity contribution in [1.29, 1.82) is 0 Å². The fourth-order valence-corrected chi connectivity index (χ4v) is 3.62. The van der Waals surface area contributed by atoms with Gasteiger partial charge in [0.25, 0.3) is 0 Å². The number of halogens is 1. The summed E-state index contributed by atoms with van der Waals surface area (Å²) < 4.78 is 25.3. The highest BCUT2D eigenvalue weighted by Crippen LogP contribution is 2.29. The summed E-state index contributed by atoms with van der Waals surface area (Å²) in [6.07, 6.45) is 2.61. The number of benzene rings is 2. The second-order valence-electron chi connectivity index (χ2n) is 7.76. The monoisotopic (exact) mass is 412 g/mol. The van der Waals surface area contributed by atoms with Crippen molar-refractivity contribution in [3.63, 3.8) is 0 Å². The number of cyclic esters (lactones) is 1. The number of nitrogens with zero attached hydrogens (tertiary/aromatic N) is 1. The highest BCUT2D eigenvalue weighted by Gasteiger charge is 2.32. The molecule has 2 aromatic rings. The highest BCUT2D eigenvalue weighted by molar-refractivity contribution is 5.90. The third-order valence-electron chi connectivity index (χ3n) is 5.38. The standard InChI is InChI=1S/C23H25FN2O4/c1-15(27)25-12-20-13-26(23(28)30-20)18-9-10-21(22(24)11-18)17-7-5-16(6-8-17)3-2-4-19-14-29-19/h5-11,19-20H,2-4,12-14H2,1H3,(H,25,27)/t19?,20-/m0/s1. The first kappa shape index (κ1) is 20.3. The van der Waals surface area contributed by atoms with E-state index in [1.807, 2.05) is 24.3 Å². The molecule has 158 valence electrons. The Morgan fingerprint density at radius 2 is 1.97 bits per heavy atom. The molecule has 2 saturated heterocycles. The number of aryl methyl sites for hydroxylation is 1. The van der Waals surface area contributed by atoms with Crippen LogP contribution in [-0.2, 0) is 20.7 Å². The molecule has 0 aliphatic carbocycles. The maximum atomic E-state index is 14.8. The fourth-order valence-electron chi connectivity index (χ4n) is 3.62. The van der Waals surface area contributed by atoms with Crippen LogP contribution in [0.2, 0.25) is 0 Å². The molecular weight excluding hydrogens is 387 g/mol. The molecule has 0 saturated carbocycles. The lowest BCUT2D eigenvalue weighted by atomic mass is 10.0.